The maximum atomic E-state index is 12.7. The summed E-state index contributed by atoms with van der Waals surface area (Å²) in [5, 5.41) is 0. The molecule has 0 aliphatic rings. The zero-order valence-electron chi connectivity index (χ0n) is 14.5. The Labute approximate surface area is 160 Å². The summed E-state index contributed by atoms with van der Waals surface area (Å²) >= 11 is -0.352. The van der Waals surface area contributed by atoms with Gasteiger partial charge in [0.15, 0.2) is 5.44 Å². The molecular weight excluding hydrogens is 414 g/mol. The third kappa shape index (κ3) is 6.66. The van der Waals surface area contributed by atoms with Gasteiger partial charge in [-0.3, -0.25) is 4.98 Å². The Bertz CT molecular complexity index is 801. The molecule has 2 aromatic heterocycles. The number of thioether (sulfide) groups is 1. The van der Waals surface area contributed by atoms with E-state index in [4.69, 9.17) is 14.2 Å². The molecule has 0 radical (unpaired) electrons. The lowest BCUT2D eigenvalue weighted by Crippen LogP contribution is -2.18. The first-order chi connectivity index (χ1) is 13.0. The van der Waals surface area contributed by atoms with E-state index < -0.39 is 22.8 Å². The molecule has 2 aromatic rings. The molecule has 2 heterocycles. The number of methoxy groups -OCH3 is 1. The van der Waals surface area contributed by atoms with Crippen LogP contribution in [0.3, 0.4) is 0 Å². The highest BCUT2D eigenvalue weighted by molar-refractivity contribution is 8.00. The van der Waals surface area contributed by atoms with E-state index in [0.29, 0.717) is 6.07 Å². The molecule has 0 spiro atoms. The quantitative estimate of drug-likeness (QED) is 0.419. The molecule has 1 atom stereocenters. The van der Waals surface area contributed by atoms with Gasteiger partial charge in [0.05, 0.1) is 7.11 Å². The molecule has 0 aliphatic carbocycles. The van der Waals surface area contributed by atoms with Gasteiger partial charge < -0.3 is 14.2 Å². The van der Waals surface area contributed by atoms with Crippen molar-refractivity contribution in [2.75, 3.05) is 7.11 Å². The minimum Gasteiger partial charge on any atom is -0.496 e. The number of ether oxygens (including phenoxy) is 3. The lowest BCUT2D eigenvalue weighted by Gasteiger charge is -2.18. The molecule has 154 valence electrons. The van der Waals surface area contributed by atoms with Crippen LogP contribution in [0.25, 0.3) is 0 Å². The lowest BCUT2D eigenvalue weighted by atomic mass is 10.3. The Kier molecular flexibility index (Phi) is 6.86. The fourth-order valence-corrected chi connectivity index (χ4v) is 2.53. The first kappa shape index (κ1) is 21.9. The van der Waals surface area contributed by atoms with E-state index in [1.807, 2.05) is 0 Å². The topological polar surface area (TPSA) is 53.5 Å². The van der Waals surface area contributed by atoms with E-state index in [2.05, 4.69) is 9.97 Å². The van der Waals surface area contributed by atoms with Gasteiger partial charge in [-0.15, -0.1) is 0 Å². The molecule has 0 fully saturated rings. The Morgan fingerprint density at radius 3 is 2.29 bits per heavy atom. The highest BCUT2D eigenvalue weighted by Gasteiger charge is 2.34. The second kappa shape index (κ2) is 8.76. The number of nitrogens with zero attached hydrogens (tertiary/aromatic N) is 2. The van der Waals surface area contributed by atoms with Crippen LogP contribution in [0.1, 0.15) is 19.0 Å². The maximum absolute atomic E-state index is 12.7. The molecular formula is C16H14F6N2O3S. The standard InChI is InChI=1S/C16H14F6N2O3S/c1-3-14(28-16(20,21)22)27-13-8-10(25-2)7-12(24-13)26-9-4-5-23-11(6-9)15(17,18)19/h4-8,14H,3H2,1-2H3. The Morgan fingerprint density at radius 2 is 1.71 bits per heavy atom. The van der Waals surface area contributed by atoms with Crippen LogP contribution in [0.5, 0.6) is 23.3 Å². The number of hydrogen-bond donors (Lipinski definition) is 0. The summed E-state index contributed by atoms with van der Waals surface area (Å²) in [6.07, 6.45) is -3.74. The fraction of sp³-hybridized carbons (Fsp3) is 0.375. The molecule has 1 unspecified atom stereocenters. The molecule has 0 bridgehead atoms. The van der Waals surface area contributed by atoms with Crippen molar-refractivity contribution in [2.45, 2.75) is 30.5 Å². The van der Waals surface area contributed by atoms with Gasteiger partial charge in [0.2, 0.25) is 11.8 Å². The van der Waals surface area contributed by atoms with Gasteiger partial charge in [-0.1, -0.05) is 6.92 Å². The Morgan fingerprint density at radius 1 is 1.04 bits per heavy atom. The summed E-state index contributed by atoms with van der Waals surface area (Å²) in [5.41, 5.74) is -6.95. The third-order valence-electron chi connectivity index (χ3n) is 3.08. The van der Waals surface area contributed by atoms with Crippen LogP contribution in [0.2, 0.25) is 0 Å². The molecule has 12 heteroatoms. The zero-order chi connectivity index (χ0) is 20.9. The number of rotatable bonds is 7. The van der Waals surface area contributed by atoms with E-state index in [9.17, 15) is 26.3 Å². The monoisotopic (exact) mass is 428 g/mol. The van der Waals surface area contributed by atoms with Crippen LogP contribution in [-0.2, 0) is 6.18 Å². The summed E-state index contributed by atoms with van der Waals surface area (Å²) in [6.45, 7) is 1.50. The van der Waals surface area contributed by atoms with Gasteiger partial charge in [-0.05, 0) is 24.2 Å². The summed E-state index contributed by atoms with van der Waals surface area (Å²) < 4.78 is 91.4. The van der Waals surface area contributed by atoms with Crippen molar-refractivity contribution in [3.05, 3.63) is 36.2 Å². The lowest BCUT2D eigenvalue weighted by molar-refractivity contribution is -0.141. The van der Waals surface area contributed by atoms with Crippen LogP contribution in [-0.4, -0.2) is 28.0 Å². The summed E-state index contributed by atoms with van der Waals surface area (Å²) in [5.74, 6) is -0.536. The first-order valence-corrected chi connectivity index (χ1v) is 8.56. The van der Waals surface area contributed by atoms with Crippen molar-refractivity contribution < 1.29 is 40.6 Å². The second-order valence-electron chi connectivity index (χ2n) is 5.18. The Hall–Kier alpha value is -2.37. The number of halogens is 6. The first-order valence-electron chi connectivity index (χ1n) is 7.68. The van der Waals surface area contributed by atoms with Crippen molar-refractivity contribution in [1.82, 2.24) is 9.97 Å². The molecule has 0 N–H and O–H groups in total. The minimum atomic E-state index is -4.67. The Balaban J connectivity index is 2.25. The van der Waals surface area contributed by atoms with Crippen LogP contribution < -0.4 is 14.2 Å². The van der Waals surface area contributed by atoms with E-state index in [1.54, 1.807) is 0 Å². The second-order valence-corrected chi connectivity index (χ2v) is 6.40. The molecule has 5 nitrogen and oxygen atoms in total. The zero-order valence-corrected chi connectivity index (χ0v) is 15.3. The van der Waals surface area contributed by atoms with E-state index in [1.165, 1.54) is 32.2 Å². The molecule has 0 aliphatic heterocycles. The fourth-order valence-electron chi connectivity index (χ4n) is 1.91. The number of aromatic nitrogens is 2. The molecule has 0 amide bonds. The van der Waals surface area contributed by atoms with Gasteiger partial charge in [0, 0.05) is 24.4 Å². The number of alkyl halides is 6. The van der Waals surface area contributed by atoms with Crippen molar-refractivity contribution >= 4 is 11.8 Å². The van der Waals surface area contributed by atoms with Crippen LogP contribution in [0.15, 0.2) is 30.5 Å². The third-order valence-corrected chi connectivity index (χ3v) is 4.04. The van der Waals surface area contributed by atoms with Crippen LogP contribution in [0.4, 0.5) is 26.3 Å². The van der Waals surface area contributed by atoms with Crippen molar-refractivity contribution in [3.8, 4) is 23.3 Å². The summed E-state index contributed by atoms with van der Waals surface area (Å²) in [6, 6.07) is 4.32. The van der Waals surface area contributed by atoms with Crippen molar-refractivity contribution in [2.24, 2.45) is 0 Å². The highest BCUT2D eigenvalue weighted by atomic mass is 32.2. The smallest absolute Gasteiger partial charge is 0.445 e. The van der Waals surface area contributed by atoms with Gasteiger partial charge in [-0.2, -0.15) is 31.3 Å². The average molecular weight is 428 g/mol. The van der Waals surface area contributed by atoms with Crippen molar-refractivity contribution in [3.63, 3.8) is 0 Å². The van der Waals surface area contributed by atoms with E-state index >= 15 is 0 Å². The summed E-state index contributed by atoms with van der Waals surface area (Å²) in [7, 11) is 1.29. The predicted octanol–water partition coefficient (Wildman–Crippen LogP) is 5.66. The van der Waals surface area contributed by atoms with E-state index in [-0.39, 0.29) is 41.4 Å². The van der Waals surface area contributed by atoms with Gasteiger partial charge >= 0.3 is 11.7 Å². The van der Waals surface area contributed by atoms with Gasteiger partial charge in [-0.25, -0.2) is 0 Å². The van der Waals surface area contributed by atoms with Crippen LogP contribution in [0, 0.1) is 0 Å². The predicted molar refractivity (Wildman–Crippen MR) is 88.5 cm³/mol. The maximum Gasteiger partial charge on any atom is 0.445 e. The molecule has 0 saturated carbocycles. The largest absolute Gasteiger partial charge is 0.496 e. The van der Waals surface area contributed by atoms with Crippen LogP contribution >= 0.6 is 11.8 Å². The van der Waals surface area contributed by atoms with Crippen molar-refractivity contribution in [1.29, 1.82) is 0 Å². The molecule has 0 saturated heterocycles. The minimum absolute atomic E-state index is 0.0263. The van der Waals surface area contributed by atoms with Gasteiger partial charge in [0.1, 0.15) is 17.2 Å². The normalized spacial score (nSPS) is 13.1. The highest BCUT2D eigenvalue weighted by Crippen LogP contribution is 2.37. The summed E-state index contributed by atoms with van der Waals surface area (Å²) in [4.78, 5) is 7.08. The molecule has 2 rings (SSSR count). The number of hydrogen-bond acceptors (Lipinski definition) is 6. The molecule has 28 heavy (non-hydrogen) atoms. The van der Waals surface area contributed by atoms with E-state index in [0.717, 1.165) is 6.20 Å². The average Bonchev–Trinajstić information content (AvgIpc) is 2.59. The SMILES string of the molecule is CCC(Oc1cc(OC)cc(Oc2ccnc(C(F)(F)F)c2)n1)SC(F)(F)F. The van der Waals surface area contributed by atoms with Gasteiger partial charge in [0.25, 0.3) is 0 Å². The number of pyridine rings is 2. The molecule has 0 aromatic carbocycles.